The van der Waals surface area contributed by atoms with Crippen LogP contribution in [0.4, 0.5) is 5.82 Å². The average Bonchev–Trinajstić information content (AvgIpc) is 2.91. The number of hydrogen-bond acceptors (Lipinski definition) is 5. The Morgan fingerprint density at radius 3 is 2.82 bits per heavy atom. The molecule has 2 aromatic rings. The van der Waals surface area contributed by atoms with Gasteiger partial charge in [-0.1, -0.05) is 11.6 Å². The molecule has 2 rings (SSSR count). The lowest BCUT2D eigenvalue weighted by Gasteiger charge is -2.22. The Kier molecular flexibility index (Phi) is 4.68. The van der Waals surface area contributed by atoms with Crippen LogP contribution in [0.25, 0.3) is 0 Å². The first-order valence-electron chi connectivity index (χ1n) is 6.67. The van der Waals surface area contributed by atoms with Crippen molar-refractivity contribution in [1.82, 2.24) is 20.1 Å². The predicted molar refractivity (Wildman–Crippen MR) is 83.9 cm³/mol. The van der Waals surface area contributed by atoms with Gasteiger partial charge in [0.1, 0.15) is 16.6 Å². The molecule has 2 heterocycles. The van der Waals surface area contributed by atoms with Gasteiger partial charge in [0.05, 0.1) is 12.7 Å². The van der Waals surface area contributed by atoms with E-state index in [0.29, 0.717) is 16.9 Å². The first kappa shape index (κ1) is 16.3. The lowest BCUT2D eigenvalue weighted by atomic mass is 9.99. The van der Waals surface area contributed by atoms with Crippen molar-refractivity contribution in [3.8, 4) is 0 Å². The Morgan fingerprint density at radius 1 is 1.50 bits per heavy atom. The van der Waals surface area contributed by atoms with Gasteiger partial charge >= 0.3 is 0 Å². The zero-order valence-electron chi connectivity index (χ0n) is 12.6. The molecule has 0 saturated heterocycles. The van der Waals surface area contributed by atoms with Crippen molar-refractivity contribution in [1.29, 1.82) is 0 Å². The van der Waals surface area contributed by atoms with Gasteiger partial charge in [-0.05, 0) is 19.1 Å². The number of carbonyl (C=O) groups is 1. The summed E-state index contributed by atoms with van der Waals surface area (Å²) >= 11 is 5.87. The number of carbonyl (C=O) groups excluding carboxylic acids is 1. The van der Waals surface area contributed by atoms with Gasteiger partial charge in [0, 0.05) is 31.4 Å². The smallest absolute Gasteiger partial charge is 0.251 e. The zero-order valence-corrected chi connectivity index (χ0v) is 13.3. The summed E-state index contributed by atoms with van der Waals surface area (Å²) in [5.74, 6) is 0.154. The Balaban J connectivity index is 2.08. The highest BCUT2D eigenvalue weighted by molar-refractivity contribution is 6.29. The van der Waals surface area contributed by atoms with Crippen LogP contribution in [0, 0.1) is 0 Å². The van der Waals surface area contributed by atoms with Crippen LogP contribution >= 0.6 is 11.6 Å². The molecule has 22 heavy (non-hydrogen) atoms. The van der Waals surface area contributed by atoms with Crippen LogP contribution in [0.3, 0.4) is 0 Å². The van der Waals surface area contributed by atoms with Crippen molar-refractivity contribution < 1.29 is 9.90 Å². The number of nitrogens with one attached hydrogen (secondary N) is 2. The number of rotatable bonds is 5. The van der Waals surface area contributed by atoms with E-state index in [0.717, 1.165) is 0 Å². The highest BCUT2D eigenvalue weighted by atomic mass is 35.5. The standard InChI is InChI=1S/C14H18ClN5O2/c1-14(22,10-6-18-20(3)7-10)8-17-13(21)9-4-11(15)19-12(5-9)16-2/h4-7,22H,8H2,1-3H3,(H,16,19)(H,17,21). The highest BCUT2D eigenvalue weighted by Crippen LogP contribution is 2.19. The quantitative estimate of drug-likeness (QED) is 0.718. The maximum Gasteiger partial charge on any atom is 0.251 e. The molecule has 0 aliphatic carbocycles. The number of anilines is 1. The van der Waals surface area contributed by atoms with Gasteiger partial charge in [-0.3, -0.25) is 9.48 Å². The van der Waals surface area contributed by atoms with E-state index in [9.17, 15) is 9.90 Å². The van der Waals surface area contributed by atoms with Crippen molar-refractivity contribution in [2.75, 3.05) is 18.9 Å². The fraction of sp³-hybridized carbons (Fsp3) is 0.357. The summed E-state index contributed by atoms with van der Waals surface area (Å²) in [4.78, 5) is 16.2. The lowest BCUT2D eigenvalue weighted by Crippen LogP contribution is -2.38. The maximum atomic E-state index is 12.2. The zero-order chi connectivity index (χ0) is 16.3. The summed E-state index contributed by atoms with van der Waals surface area (Å²) in [6.45, 7) is 1.66. The normalized spacial score (nSPS) is 13.5. The van der Waals surface area contributed by atoms with Crippen molar-refractivity contribution in [2.45, 2.75) is 12.5 Å². The topological polar surface area (TPSA) is 92.1 Å². The fourth-order valence-corrected chi connectivity index (χ4v) is 2.12. The molecule has 8 heteroatoms. The van der Waals surface area contributed by atoms with E-state index in [1.807, 2.05) is 0 Å². The van der Waals surface area contributed by atoms with Gasteiger partial charge in [-0.2, -0.15) is 5.10 Å². The number of nitrogens with zero attached hydrogens (tertiary/aromatic N) is 3. The number of aryl methyl sites for hydroxylation is 1. The second kappa shape index (κ2) is 6.33. The van der Waals surface area contributed by atoms with Crippen molar-refractivity contribution in [2.24, 2.45) is 7.05 Å². The monoisotopic (exact) mass is 323 g/mol. The highest BCUT2D eigenvalue weighted by Gasteiger charge is 2.25. The number of halogens is 1. The number of aliphatic hydroxyl groups is 1. The molecule has 0 aliphatic heterocycles. The summed E-state index contributed by atoms with van der Waals surface area (Å²) < 4.78 is 1.59. The van der Waals surface area contributed by atoms with Crippen LogP contribution in [0.15, 0.2) is 24.5 Å². The molecule has 1 unspecified atom stereocenters. The van der Waals surface area contributed by atoms with Gasteiger partial charge in [0.2, 0.25) is 0 Å². The minimum atomic E-state index is -1.22. The predicted octanol–water partition coefficient (Wildman–Crippen LogP) is 1.15. The minimum absolute atomic E-state index is 0.0480. The van der Waals surface area contributed by atoms with Crippen LogP contribution in [0.2, 0.25) is 5.15 Å². The third-order valence-corrected chi connectivity index (χ3v) is 3.43. The molecule has 0 aliphatic rings. The maximum absolute atomic E-state index is 12.2. The van der Waals surface area contributed by atoms with E-state index < -0.39 is 5.60 Å². The first-order valence-corrected chi connectivity index (χ1v) is 7.04. The molecule has 2 aromatic heterocycles. The molecular formula is C14H18ClN5O2. The van der Waals surface area contributed by atoms with Crippen LogP contribution in [0.5, 0.6) is 0 Å². The largest absolute Gasteiger partial charge is 0.383 e. The molecule has 0 bridgehead atoms. The molecule has 1 amide bonds. The number of pyridine rings is 1. The fourth-order valence-electron chi connectivity index (χ4n) is 1.91. The van der Waals surface area contributed by atoms with Gasteiger partial charge in [0.15, 0.2) is 0 Å². The van der Waals surface area contributed by atoms with Crippen molar-refractivity contribution >= 4 is 23.3 Å². The Hall–Kier alpha value is -2.12. The second-order valence-corrected chi connectivity index (χ2v) is 5.56. The molecule has 1 atom stereocenters. The van der Waals surface area contributed by atoms with E-state index >= 15 is 0 Å². The van der Waals surface area contributed by atoms with Crippen molar-refractivity contribution in [3.63, 3.8) is 0 Å². The number of aromatic nitrogens is 3. The average molecular weight is 324 g/mol. The third kappa shape index (κ3) is 3.75. The Morgan fingerprint density at radius 2 is 2.23 bits per heavy atom. The summed E-state index contributed by atoms with van der Waals surface area (Å²) in [5, 5.41) is 20.2. The second-order valence-electron chi connectivity index (χ2n) is 5.17. The van der Waals surface area contributed by atoms with Gasteiger partial charge < -0.3 is 15.7 Å². The van der Waals surface area contributed by atoms with Gasteiger partial charge in [-0.15, -0.1) is 0 Å². The lowest BCUT2D eigenvalue weighted by molar-refractivity contribution is 0.0526. The molecule has 3 N–H and O–H groups in total. The molecule has 0 radical (unpaired) electrons. The van der Waals surface area contributed by atoms with E-state index in [2.05, 4.69) is 20.7 Å². The molecule has 0 saturated carbocycles. The Bertz CT molecular complexity index is 684. The molecule has 0 aromatic carbocycles. The van der Waals surface area contributed by atoms with Gasteiger partial charge in [0.25, 0.3) is 5.91 Å². The number of amides is 1. The van der Waals surface area contributed by atoms with Crippen LogP contribution in [0.1, 0.15) is 22.8 Å². The van der Waals surface area contributed by atoms with E-state index in [1.165, 1.54) is 6.07 Å². The SMILES string of the molecule is CNc1cc(C(=O)NCC(C)(O)c2cnn(C)c2)cc(Cl)n1. The molecule has 7 nitrogen and oxygen atoms in total. The van der Waals surface area contributed by atoms with Crippen LogP contribution < -0.4 is 10.6 Å². The first-order chi connectivity index (χ1) is 10.3. The van der Waals surface area contributed by atoms with E-state index in [1.54, 1.807) is 44.2 Å². The minimum Gasteiger partial charge on any atom is -0.383 e. The molecule has 0 spiro atoms. The third-order valence-electron chi connectivity index (χ3n) is 3.23. The summed E-state index contributed by atoms with van der Waals surface area (Å²) in [7, 11) is 3.45. The van der Waals surface area contributed by atoms with Crippen LogP contribution in [-0.2, 0) is 12.6 Å². The molecular weight excluding hydrogens is 306 g/mol. The number of hydrogen-bond donors (Lipinski definition) is 3. The van der Waals surface area contributed by atoms with E-state index in [4.69, 9.17) is 11.6 Å². The van der Waals surface area contributed by atoms with Crippen LogP contribution in [-0.4, -0.2) is 39.4 Å². The van der Waals surface area contributed by atoms with Crippen molar-refractivity contribution in [3.05, 3.63) is 40.8 Å². The molecule has 0 fully saturated rings. The van der Waals surface area contributed by atoms with Gasteiger partial charge in [-0.25, -0.2) is 4.98 Å². The summed E-state index contributed by atoms with van der Waals surface area (Å²) in [6.07, 6.45) is 3.27. The van der Waals surface area contributed by atoms with E-state index in [-0.39, 0.29) is 17.6 Å². The summed E-state index contributed by atoms with van der Waals surface area (Å²) in [5.41, 5.74) is -0.225. The Labute approximate surface area is 133 Å². The molecule has 118 valence electrons. The summed E-state index contributed by atoms with van der Waals surface area (Å²) in [6, 6.07) is 3.05.